The molecule has 3 N–H and O–H groups in total. The van der Waals surface area contributed by atoms with Crippen LogP contribution in [0.25, 0.3) is 0 Å². The van der Waals surface area contributed by atoms with Gasteiger partial charge in [0.05, 0.1) is 13.0 Å². The summed E-state index contributed by atoms with van der Waals surface area (Å²) in [4.78, 5) is 10.6. The first kappa shape index (κ1) is 15.3. The predicted molar refractivity (Wildman–Crippen MR) is 75.3 cm³/mol. The highest BCUT2D eigenvalue weighted by Gasteiger charge is 2.02. The number of primary amides is 1. The van der Waals surface area contributed by atoms with Gasteiger partial charge in [0.1, 0.15) is 5.75 Å². The van der Waals surface area contributed by atoms with E-state index in [1.54, 1.807) is 7.11 Å². The van der Waals surface area contributed by atoms with Gasteiger partial charge in [-0.3, -0.25) is 4.79 Å². The third kappa shape index (κ3) is 6.67. The number of ether oxygens (including phenoxy) is 2. The molecule has 1 unspecified atom stereocenters. The number of amides is 1. The Hall–Kier alpha value is -1.75. The van der Waals surface area contributed by atoms with Gasteiger partial charge in [0.2, 0.25) is 5.91 Å². The quantitative estimate of drug-likeness (QED) is 0.714. The number of carbonyl (C=O) groups excluding carboxylic acids is 1. The molecule has 19 heavy (non-hydrogen) atoms. The standard InChI is InChI=1S/C14H22N2O3/c1-11(7-9-18-2)16-12-3-5-13(6-4-12)19-10-8-14(15)17/h3-6,11,16H,7-10H2,1-2H3,(H2,15,17). The monoisotopic (exact) mass is 266 g/mol. The van der Waals surface area contributed by atoms with Gasteiger partial charge in [-0.25, -0.2) is 0 Å². The lowest BCUT2D eigenvalue weighted by atomic mass is 10.2. The maximum atomic E-state index is 10.6. The van der Waals surface area contributed by atoms with Crippen LogP contribution < -0.4 is 15.8 Å². The minimum Gasteiger partial charge on any atom is -0.493 e. The molecule has 0 aromatic heterocycles. The molecule has 5 heteroatoms. The van der Waals surface area contributed by atoms with Gasteiger partial charge in [0.25, 0.3) is 0 Å². The van der Waals surface area contributed by atoms with Gasteiger partial charge in [0, 0.05) is 25.4 Å². The van der Waals surface area contributed by atoms with E-state index >= 15 is 0 Å². The number of carbonyl (C=O) groups is 1. The highest BCUT2D eigenvalue weighted by Crippen LogP contribution is 2.17. The van der Waals surface area contributed by atoms with Gasteiger partial charge >= 0.3 is 0 Å². The van der Waals surface area contributed by atoms with Crippen LogP contribution in [0.2, 0.25) is 0 Å². The number of hydrogen-bond acceptors (Lipinski definition) is 4. The molecule has 1 atom stereocenters. The average molecular weight is 266 g/mol. The van der Waals surface area contributed by atoms with Crippen molar-refractivity contribution in [2.24, 2.45) is 5.73 Å². The third-order valence-electron chi connectivity index (χ3n) is 2.64. The van der Waals surface area contributed by atoms with E-state index in [-0.39, 0.29) is 12.3 Å². The highest BCUT2D eigenvalue weighted by molar-refractivity contribution is 5.73. The van der Waals surface area contributed by atoms with Crippen LogP contribution in [0.15, 0.2) is 24.3 Å². The van der Waals surface area contributed by atoms with Crippen molar-refractivity contribution >= 4 is 11.6 Å². The average Bonchev–Trinajstić information content (AvgIpc) is 2.38. The molecule has 0 heterocycles. The predicted octanol–water partition coefficient (Wildman–Crippen LogP) is 1.78. The molecule has 0 aliphatic carbocycles. The maximum Gasteiger partial charge on any atom is 0.220 e. The number of hydrogen-bond donors (Lipinski definition) is 2. The van der Waals surface area contributed by atoms with Crippen LogP contribution >= 0.6 is 0 Å². The second kappa shape index (κ2) is 8.37. The normalized spacial score (nSPS) is 11.9. The molecule has 0 aliphatic heterocycles. The molecule has 0 saturated carbocycles. The van der Waals surface area contributed by atoms with Crippen LogP contribution in [0.3, 0.4) is 0 Å². The van der Waals surface area contributed by atoms with Crippen LogP contribution in [-0.4, -0.2) is 32.3 Å². The number of methoxy groups -OCH3 is 1. The fourth-order valence-corrected chi connectivity index (χ4v) is 1.57. The molecule has 0 radical (unpaired) electrons. The van der Waals surface area contributed by atoms with E-state index in [1.165, 1.54) is 0 Å². The molecular formula is C14H22N2O3. The topological polar surface area (TPSA) is 73.6 Å². The Morgan fingerprint density at radius 1 is 1.32 bits per heavy atom. The molecule has 0 aliphatic rings. The van der Waals surface area contributed by atoms with Crippen molar-refractivity contribution in [1.82, 2.24) is 0 Å². The van der Waals surface area contributed by atoms with Gasteiger partial charge in [-0.15, -0.1) is 0 Å². The third-order valence-corrected chi connectivity index (χ3v) is 2.64. The highest BCUT2D eigenvalue weighted by atomic mass is 16.5. The van der Waals surface area contributed by atoms with Gasteiger partial charge in [-0.1, -0.05) is 0 Å². The fraction of sp³-hybridized carbons (Fsp3) is 0.500. The molecule has 5 nitrogen and oxygen atoms in total. The van der Waals surface area contributed by atoms with E-state index < -0.39 is 0 Å². The first-order chi connectivity index (χ1) is 9.11. The van der Waals surface area contributed by atoms with Crippen molar-refractivity contribution in [2.75, 3.05) is 25.6 Å². The van der Waals surface area contributed by atoms with Crippen LogP contribution in [0.5, 0.6) is 5.75 Å². The number of benzene rings is 1. The maximum absolute atomic E-state index is 10.6. The summed E-state index contributed by atoms with van der Waals surface area (Å²) in [7, 11) is 1.70. The van der Waals surface area contributed by atoms with Crippen molar-refractivity contribution in [1.29, 1.82) is 0 Å². The number of nitrogens with two attached hydrogens (primary N) is 1. The summed E-state index contributed by atoms with van der Waals surface area (Å²) < 4.78 is 10.4. The van der Waals surface area contributed by atoms with Gasteiger partial charge < -0.3 is 20.5 Å². The minimum absolute atomic E-state index is 0.230. The van der Waals surface area contributed by atoms with Crippen molar-refractivity contribution < 1.29 is 14.3 Å². The van der Waals surface area contributed by atoms with E-state index in [4.69, 9.17) is 15.2 Å². The molecule has 106 valence electrons. The molecule has 1 rings (SSSR count). The summed E-state index contributed by atoms with van der Waals surface area (Å²) in [6, 6.07) is 7.98. The zero-order chi connectivity index (χ0) is 14.1. The molecular weight excluding hydrogens is 244 g/mol. The summed E-state index contributed by atoms with van der Waals surface area (Å²) in [5.41, 5.74) is 6.07. The van der Waals surface area contributed by atoms with Crippen LogP contribution in [-0.2, 0) is 9.53 Å². The number of nitrogens with one attached hydrogen (secondary N) is 1. The molecule has 0 saturated heterocycles. The van der Waals surface area contributed by atoms with E-state index in [0.29, 0.717) is 12.6 Å². The summed E-state index contributed by atoms with van der Waals surface area (Å²) in [5, 5.41) is 3.37. The van der Waals surface area contributed by atoms with Crippen LogP contribution in [0, 0.1) is 0 Å². The Balaban J connectivity index is 2.36. The van der Waals surface area contributed by atoms with Gasteiger partial charge in [0.15, 0.2) is 0 Å². The molecule has 0 spiro atoms. The lowest BCUT2D eigenvalue weighted by Gasteiger charge is -2.15. The summed E-state index contributed by atoms with van der Waals surface area (Å²) in [5.74, 6) is 0.376. The fourth-order valence-electron chi connectivity index (χ4n) is 1.57. The SMILES string of the molecule is COCCC(C)Nc1ccc(OCCC(N)=O)cc1. The Labute approximate surface area is 114 Å². The van der Waals surface area contributed by atoms with Crippen molar-refractivity contribution in [3.8, 4) is 5.75 Å². The second-order valence-electron chi connectivity index (χ2n) is 4.42. The summed E-state index contributed by atoms with van der Waals surface area (Å²) in [6.07, 6.45) is 1.18. The largest absolute Gasteiger partial charge is 0.493 e. The van der Waals surface area contributed by atoms with E-state index in [1.807, 2.05) is 24.3 Å². The van der Waals surface area contributed by atoms with Crippen LogP contribution in [0.1, 0.15) is 19.8 Å². The van der Waals surface area contributed by atoms with E-state index in [9.17, 15) is 4.79 Å². The lowest BCUT2D eigenvalue weighted by molar-refractivity contribution is -0.118. The summed E-state index contributed by atoms with van der Waals surface area (Å²) in [6.45, 7) is 3.16. The zero-order valence-corrected chi connectivity index (χ0v) is 11.5. The summed E-state index contributed by atoms with van der Waals surface area (Å²) >= 11 is 0. The number of anilines is 1. The molecule has 1 amide bonds. The Bertz CT molecular complexity index is 379. The second-order valence-corrected chi connectivity index (χ2v) is 4.42. The minimum atomic E-state index is -0.356. The first-order valence-corrected chi connectivity index (χ1v) is 6.38. The van der Waals surface area contributed by atoms with Crippen LogP contribution in [0.4, 0.5) is 5.69 Å². The molecule has 0 fully saturated rings. The molecule has 1 aromatic carbocycles. The lowest BCUT2D eigenvalue weighted by Crippen LogP contribution is -2.17. The smallest absolute Gasteiger partial charge is 0.220 e. The Morgan fingerprint density at radius 2 is 2.00 bits per heavy atom. The van der Waals surface area contributed by atoms with E-state index in [2.05, 4.69) is 12.2 Å². The Morgan fingerprint density at radius 3 is 2.58 bits per heavy atom. The first-order valence-electron chi connectivity index (χ1n) is 6.38. The van der Waals surface area contributed by atoms with Gasteiger partial charge in [-0.05, 0) is 37.6 Å². The zero-order valence-electron chi connectivity index (χ0n) is 11.5. The molecule has 0 bridgehead atoms. The number of rotatable bonds is 9. The molecule has 1 aromatic rings. The van der Waals surface area contributed by atoms with Crippen molar-refractivity contribution in [2.45, 2.75) is 25.8 Å². The Kier molecular flexibility index (Phi) is 6.74. The van der Waals surface area contributed by atoms with E-state index in [0.717, 1.165) is 24.5 Å². The van der Waals surface area contributed by atoms with Gasteiger partial charge in [-0.2, -0.15) is 0 Å². The van der Waals surface area contributed by atoms with Crippen molar-refractivity contribution in [3.63, 3.8) is 0 Å². The van der Waals surface area contributed by atoms with Crippen molar-refractivity contribution in [3.05, 3.63) is 24.3 Å².